The number of amides is 1. The van der Waals surface area contributed by atoms with Crippen molar-refractivity contribution < 1.29 is 19.0 Å². The summed E-state index contributed by atoms with van der Waals surface area (Å²) in [6.45, 7) is 9.25. The highest BCUT2D eigenvalue weighted by atomic mass is 16.5. The number of carbonyl (C=O) groups excluding carboxylic acids is 1. The van der Waals surface area contributed by atoms with Crippen LogP contribution in [0, 0.1) is 0 Å². The molecule has 2 aromatic heterocycles. The summed E-state index contributed by atoms with van der Waals surface area (Å²) in [5, 5.41) is 15.6. The number of aromatic nitrogens is 4. The molecule has 34 heavy (non-hydrogen) atoms. The summed E-state index contributed by atoms with van der Waals surface area (Å²) < 4.78 is 18.4. The van der Waals surface area contributed by atoms with Crippen LogP contribution in [0.4, 0.5) is 0 Å². The molecule has 0 saturated carbocycles. The Balaban J connectivity index is 1.79. The van der Waals surface area contributed by atoms with Gasteiger partial charge in [0.1, 0.15) is 0 Å². The molecule has 1 atom stereocenters. The Hall–Kier alpha value is -3.62. The van der Waals surface area contributed by atoms with Crippen molar-refractivity contribution in [2.75, 3.05) is 20.3 Å². The number of benzene rings is 1. The van der Waals surface area contributed by atoms with Gasteiger partial charge in [0.2, 0.25) is 5.88 Å². The van der Waals surface area contributed by atoms with Gasteiger partial charge in [-0.25, -0.2) is 4.68 Å². The summed E-state index contributed by atoms with van der Waals surface area (Å²) in [6.07, 6.45) is 3.97. The first-order valence-electron chi connectivity index (χ1n) is 11.7. The van der Waals surface area contributed by atoms with E-state index in [4.69, 9.17) is 14.2 Å². The maximum atomic E-state index is 13.1. The normalized spacial score (nSPS) is 11.7. The molecule has 2 heterocycles. The summed E-state index contributed by atoms with van der Waals surface area (Å²) in [4.78, 5) is 13.1. The highest BCUT2D eigenvalue weighted by molar-refractivity contribution is 5.95. The van der Waals surface area contributed by atoms with Gasteiger partial charge in [-0.15, -0.1) is 10.2 Å². The van der Waals surface area contributed by atoms with E-state index in [1.807, 2.05) is 32.0 Å². The van der Waals surface area contributed by atoms with Crippen LogP contribution in [0.15, 0.2) is 36.5 Å². The van der Waals surface area contributed by atoms with Crippen LogP contribution >= 0.6 is 0 Å². The van der Waals surface area contributed by atoms with E-state index in [0.717, 1.165) is 24.1 Å². The Morgan fingerprint density at radius 1 is 1.03 bits per heavy atom. The first-order chi connectivity index (χ1) is 16.5. The van der Waals surface area contributed by atoms with Gasteiger partial charge >= 0.3 is 0 Å². The van der Waals surface area contributed by atoms with Crippen molar-refractivity contribution in [2.24, 2.45) is 0 Å². The maximum Gasteiger partial charge on any atom is 0.255 e. The van der Waals surface area contributed by atoms with E-state index in [2.05, 4.69) is 34.5 Å². The third-order valence-electron chi connectivity index (χ3n) is 5.24. The Bertz CT molecular complexity index is 1080. The molecule has 0 saturated heterocycles. The lowest BCUT2D eigenvalue weighted by Crippen LogP contribution is -2.27. The summed E-state index contributed by atoms with van der Waals surface area (Å²) in [6, 6.07) is 9.00. The van der Waals surface area contributed by atoms with E-state index in [1.165, 1.54) is 7.11 Å². The van der Waals surface area contributed by atoms with Crippen molar-refractivity contribution in [3.05, 3.63) is 53.3 Å². The van der Waals surface area contributed by atoms with Gasteiger partial charge < -0.3 is 19.5 Å². The molecule has 1 aromatic carbocycles. The lowest BCUT2D eigenvalue weighted by atomic mass is 10.1. The SMILES string of the molecule is CCCOc1ccc(C(C)NC(=O)c2cnn(-c3ccc(OC)nn3)c2CC)cc1OCCC. The van der Waals surface area contributed by atoms with Crippen molar-refractivity contribution in [1.29, 1.82) is 0 Å². The average molecular weight is 468 g/mol. The molecule has 1 N–H and O–H groups in total. The maximum absolute atomic E-state index is 13.1. The molecule has 1 amide bonds. The zero-order valence-electron chi connectivity index (χ0n) is 20.5. The predicted molar refractivity (Wildman–Crippen MR) is 129 cm³/mol. The molecule has 0 aliphatic rings. The van der Waals surface area contributed by atoms with Crippen LogP contribution in [0.25, 0.3) is 5.82 Å². The first-order valence-corrected chi connectivity index (χ1v) is 11.7. The summed E-state index contributed by atoms with van der Waals surface area (Å²) in [7, 11) is 1.53. The van der Waals surface area contributed by atoms with E-state index >= 15 is 0 Å². The lowest BCUT2D eigenvalue weighted by molar-refractivity contribution is 0.0939. The average Bonchev–Trinajstić information content (AvgIpc) is 3.30. The third-order valence-corrected chi connectivity index (χ3v) is 5.24. The van der Waals surface area contributed by atoms with Crippen LogP contribution in [-0.2, 0) is 6.42 Å². The van der Waals surface area contributed by atoms with Crippen LogP contribution in [0.5, 0.6) is 17.4 Å². The molecule has 9 heteroatoms. The van der Waals surface area contributed by atoms with Crippen LogP contribution < -0.4 is 19.5 Å². The minimum Gasteiger partial charge on any atom is -0.490 e. The highest BCUT2D eigenvalue weighted by Gasteiger charge is 2.21. The van der Waals surface area contributed by atoms with Gasteiger partial charge in [0.15, 0.2) is 17.3 Å². The summed E-state index contributed by atoms with van der Waals surface area (Å²) >= 11 is 0. The van der Waals surface area contributed by atoms with E-state index in [9.17, 15) is 4.79 Å². The van der Waals surface area contributed by atoms with E-state index < -0.39 is 0 Å². The molecule has 0 fully saturated rings. The van der Waals surface area contributed by atoms with E-state index in [-0.39, 0.29) is 11.9 Å². The highest BCUT2D eigenvalue weighted by Crippen LogP contribution is 2.31. The largest absolute Gasteiger partial charge is 0.490 e. The Kier molecular flexibility index (Phi) is 8.84. The van der Waals surface area contributed by atoms with Crippen molar-refractivity contribution in [1.82, 2.24) is 25.3 Å². The van der Waals surface area contributed by atoms with Gasteiger partial charge in [-0.3, -0.25) is 4.79 Å². The van der Waals surface area contributed by atoms with Crippen LogP contribution in [0.2, 0.25) is 0 Å². The second kappa shape index (κ2) is 12.0. The van der Waals surface area contributed by atoms with E-state index in [1.54, 1.807) is 23.0 Å². The number of hydrogen-bond acceptors (Lipinski definition) is 7. The summed E-state index contributed by atoms with van der Waals surface area (Å²) in [5.41, 5.74) is 2.17. The minimum absolute atomic E-state index is 0.209. The quantitative estimate of drug-likeness (QED) is 0.424. The minimum atomic E-state index is -0.245. The van der Waals surface area contributed by atoms with Crippen LogP contribution in [-0.4, -0.2) is 46.2 Å². The van der Waals surface area contributed by atoms with Gasteiger partial charge in [0.25, 0.3) is 5.91 Å². The molecular weight excluding hydrogens is 434 g/mol. The molecular formula is C25H33N5O4. The fraction of sp³-hybridized carbons (Fsp3) is 0.440. The zero-order valence-corrected chi connectivity index (χ0v) is 20.5. The predicted octanol–water partition coefficient (Wildman–Crippen LogP) is 4.30. The standard InChI is InChI=1S/C25H33N5O4/c1-6-13-33-21-10-9-18(15-22(21)34-14-7-2)17(4)27-25(31)19-16-26-30(20(19)8-3)23-11-12-24(32-5)29-28-23/h9-12,15-17H,6-8,13-14H2,1-5H3,(H,27,31). The number of carbonyl (C=O) groups is 1. The van der Waals surface area contributed by atoms with Crippen LogP contribution in [0.1, 0.15) is 68.2 Å². The number of nitrogens with one attached hydrogen (secondary N) is 1. The Morgan fingerprint density at radius 3 is 2.38 bits per heavy atom. The van der Waals surface area contributed by atoms with Crippen molar-refractivity contribution in [3.63, 3.8) is 0 Å². The monoisotopic (exact) mass is 467 g/mol. The molecule has 182 valence electrons. The molecule has 1 unspecified atom stereocenters. The molecule has 0 spiro atoms. The van der Waals surface area contributed by atoms with Gasteiger partial charge in [-0.1, -0.05) is 26.8 Å². The van der Waals surface area contributed by atoms with E-state index in [0.29, 0.717) is 48.4 Å². The third kappa shape index (κ3) is 5.84. The number of rotatable bonds is 12. The van der Waals surface area contributed by atoms with Crippen LogP contribution in [0.3, 0.4) is 0 Å². The lowest BCUT2D eigenvalue weighted by Gasteiger charge is -2.18. The molecule has 3 rings (SSSR count). The Labute approximate surface area is 200 Å². The van der Waals surface area contributed by atoms with Gasteiger partial charge in [-0.05, 0) is 49.9 Å². The first kappa shape index (κ1) is 25.0. The molecule has 0 aliphatic carbocycles. The smallest absolute Gasteiger partial charge is 0.255 e. The number of ether oxygens (including phenoxy) is 3. The fourth-order valence-electron chi connectivity index (χ4n) is 3.44. The number of hydrogen-bond donors (Lipinski definition) is 1. The fourth-order valence-corrected chi connectivity index (χ4v) is 3.44. The van der Waals surface area contributed by atoms with Crippen molar-refractivity contribution >= 4 is 5.91 Å². The van der Waals surface area contributed by atoms with Gasteiger partial charge in [0, 0.05) is 6.07 Å². The molecule has 3 aromatic rings. The van der Waals surface area contributed by atoms with Crippen molar-refractivity contribution in [2.45, 2.75) is 53.0 Å². The second-order valence-electron chi connectivity index (χ2n) is 7.80. The van der Waals surface area contributed by atoms with Crippen molar-refractivity contribution in [3.8, 4) is 23.2 Å². The number of methoxy groups -OCH3 is 1. The molecule has 0 aliphatic heterocycles. The van der Waals surface area contributed by atoms with Gasteiger partial charge in [0.05, 0.1) is 43.8 Å². The Morgan fingerprint density at radius 2 is 1.76 bits per heavy atom. The topological polar surface area (TPSA) is 100 Å². The second-order valence-corrected chi connectivity index (χ2v) is 7.80. The van der Waals surface area contributed by atoms with Gasteiger partial charge in [-0.2, -0.15) is 5.10 Å². The molecule has 0 radical (unpaired) electrons. The molecule has 9 nitrogen and oxygen atoms in total. The zero-order chi connectivity index (χ0) is 24.5. The number of nitrogens with zero attached hydrogens (tertiary/aromatic N) is 4. The molecule has 0 bridgehead atoms. The summed E-state index contributed by atoms with van der Waals surface area (Å²) in [5.74, 6) is 2.13.